The topological polar surface area (TPSA) is 55.1 Å². The van der Waals surface area contributed by atoms with Crippen LogP contribution in [-0.2, 0) is 6.42 Å². The van der Waals surface area contributed by atoms with Crippen LogP contribution in [0.2, 0.25) is 0 Å². The summed E-state index contributed by atoms with van der Waals surface area (Å²) < 4.78 is 5.44. The van der Waals surface area contributed by atoms with E-state index >= 15 is 0 Å². The number of carbonyl (C=O) groups excluding carboxylic acids is 1. The third kappa shape index (κ3) is 3.71. The van der Waals surface area contributed by atoms with E-state index in [4.69, 9.17) is 4.42 Å². The van der Waals surface area contributed by atoms with Gasteiger partial charge >= 0.3 is 0 Å². The molecule has 122 valence electrons. The van der Waals surface area contributed by atoms with Crippen LogP contribution in [0.15, 0.2) is 59.3 Å². The molecule has 0 atom stereocenters. The molecule has 0 fully saturated rings. The number of nitrogens with zero attached hydrogens (tertiary/aromatic N) is 1. The molecular formula is C20H20N2O2. The monoisotopic (exact) mass is 320 g/mol. The van der Waals surface area contributed by atoms with Crippen molar-refractivity contribution in [1.82, 2.24) is 10.3 Å². The Bertz CT molecular complexity index is 852. The number of amides is 1. The molecule has 2 aromatic carbocycles. The van der Waals surface area contributed by atoms with Crippen LogP contribution in [0.1, 0.15) is 27.2 Å². The van der Waals surface area contributed by atoms with E-state index in [1.54, 1.807) is 0 Å². The molecule has 0 saturated heterocycles. The summed E-state index contributed by atoms with van der Waals surface area (Å²) in [5.41, 5.74) is 4.71. The van der Waals surface area contributed by atoms with Crippen LogP contribution >= 0.6 is 0 Å². The first kappa shape index (κ1) is 16.0. The molecule has 0 radical (unpaired) electrons. The number of rotatable bonds is 5. The molecule has 24 heavy (non-hydrogen) atoms. The van der Waals surface area contributed by atoms with Gasteiger partial charge in [0.1, 0.15) is 0 Å². The van der Waals surface area contributed by atoms with Gasteiger partial charge in [-0.1, -0.05) is 53.6 Å². The number of hydrogen-bond acceptors (Lipinski definition) is 3. The number of carbonyl (C=O) groups is 1. The van der Waals surface area contributed by atoms with E-state index in [2.05, 4.69) is 35.4 Å². The molecule has 1 aromatic heterocycles. The Morgan fingerprint density at radius 1 is 1.08 bits per heavy atom. The standard InChI is InChI=1S/C20H20N2O2/c1-14-5-3-7-16(11-14)9-10-21-20(23)18-19(24-13-22-18)17-8-4-6-15(2)12-17/h3-8,11-13H,9-10H2,1-2H3,(H,21,23). The van der Waals surface area contributed by atoms with Gasteiger partial charge in [0, 0.05) is 12.1 Å². The number of aromatic nitrogens is 1. The highest BCUT2D eigenvalue weighted by Gasteiger charge is 2.17. The second-order valence-corrected chi connectivity index (χ2v) is 5.89. The first-order chi connectivity index (χ1) is 11.6. The Balaban J connectivity index is 1.67. The van der Waals surface area contributed by atoms with Crippen molar-refractivity contribution in [2.24, 2.45) is 0 Å². The minimum atomic E-state index is -0.215. The van der Waals surface area contributed by atoms with Gasteiger partial charge in [0.2, 0.25) is 0 Å². The molecule has 1 N–H and O–H groups in total. The van der Waals surface area contributed by atoms with E-state index in [9.17, 15) is 4.79 Å². The van der Waals surface area contributed by atoms with Gasteiger partial charge < -0.3 is 9.73 Å². The lowest BCUT2D eigenvalue weighted by atomic mass is 10.1. The van der Waals surface area contributed by atoms with Gasteiger partial charge in [-0.05, 0) is 31.9 Å². The SMILES string of the molecule is Cc1cccc(CCNC(=O)c2ncoc2-c2cccc(C)c2)c1. The maximum atomic E-state index is 12.4. The van der Waals surface area contributed by atoms with Gasteiger partial charge in [-0.25, -0.2) is 4.98 Å². The smallest absolute Gasteiger partial charge is 0.273 e. The third-order valence-electron chi connectivity index (χ3n) is 3.84. The maximum Gasteiger partial charge on any atom is 0.273 e. The van der Waals surface area contributed by atoms with Gasteiger partial charge in [-0.2, -0.15) is 0 Å². The van der Waals surface area contributed by atoms with Crippen LogP contribution in [0.4, 0.5) is 0 Å². The molecule has 0 saturated carbocycles. The van der Waals surface area contributed by atoms with Crippen LogP contribution in [0, 0.1) is 13.8 Å². The summed E-state index contributed by atoms with van der Waals surface area (Å²) in [6, 6.07) is 16.1. The Morgan fingerprint density at radius 2 is 1.83 bits per heavy atom. The van der Waals surface area contributed by atoms with Gasteiger partial charge in [-0.3, -0.25) is 4.79 Å². The number of oxazole rings is 1. The lowest BCUT2D eigenvalue weighted by molar-refractivity contribution is 0.0950. The zero-order valence-corrected chi connectivity index (χ0v) is 13.9. The van der Waals surface area contributed by atoms with Crippen LogP contribution in [0.3, 0.4) is 0 Å². The summed E-state index contributed by atoms with van der Waals surface area (Å²) in [4.78, 5) is 16.5. The van der Waals surface area contributed by atoms with Gasteiger partial charge in [0.25, 0.3) is 5.91 Å². The first-order valence-electron chi connectivity index (χ1n) is 7.98. The van der Waals surface area contributed by atoms with Crippen molar-refractivity contribution in [3.63, 3.8) is 0 Å². The minimum Gasteiger partial charge on any atom is -0.443 e. The maximum absolute atomic E-state index is 12.4. The fourth-order valence-corrected chi connectivity index (χ4v) is 2.67. The molecule has 0 unspecified atom stereocenters. The number of nitrogens with one attached hydrogen (secondary N) is 1. The van der Waals surface area contributed by atoms with Crippen LogP contribution in [0.5, 0.6) is 0 Å². The number of aryl methyl sites for hydroxylation is 2. The van der Waals surface area contributed by atoms with E-state index in [0.29, 0.717) is 18.0 Å². The summed E-state index contributed by atoms with van der Waals surface area (Å²) >= 11 is 0. The minimum absolute atomic E-state index is 0.215. The zero-order chi connectivity index (χ0) is 16.9. The van der Waals surface area contributed by atoms with Crippen molar-refractivity contribution >= 4 is 5.91 Å². The van der Waals surface area contributed by atoms with Crippen LogP contribution in [-0.4, -0.2) is 17.4 Å². The molecule has 0 spiro atoms. The molecule has 0 aliphatic carbocycles. The average molecular weight is 320 g/mol. The number of benzene rings is 2. The largest absolute Gasteiger partial charge is 0.443 e. The van der Waals surface area contributed by atoms with Crippen molar-refractivity contribution in [2.45, 2.75) is 20.3 Å². The Labute approximate surface area is 141 Å². The Morgan fingerprint density at radius 3 is 2.58 bits per heavy atom. The summed E-state index contributed by atoms with van der Waals surface area (Å²) in [6.07, 6.45) is 2.10. The summed E-state index contributed by atoms with van der Waals surface area (Å²) in [5.74, 6) is 0.291. The second kappa shape index (κ2) is 7.13. The highest BCUT2D eigenvalue weighted by molar-refractivity contribution is 5.97. The van der Waals surface area contributed by atoms with Crippen molar-refractivity contribution < 1.29 is 9.21 Å². The van der Waals surface area contributed by atoms with E-state index in [1.165, 1.54) is 17.5 Å². The second-order valence-electron chi connectivity index (χ2n) is 5.89. The van der Waals surface area contributed by atoms with Crippen molar-refractivity contribution in [1.29, 1.82) is 0 Å². The quantitative estimate of drug-likeness (QED) is 0.775. The molecule has 1 amide bonds. The van der Waals surface area contributed by atoms with E-state index < -0.39 is 0 Å². The van der Waals surface area contributed by atoms with Gasteiger partial charge in [-0.15, -0.1) is 0 Å². The Kier molecular flexibility index (Phi) is 4.75. The summed E-state index contributed by atoms with van der Waals surface area (Å²) in [6.45, 7) is 4.62. The lowest BCUT2D eigenvalue weighted by Gasteiger charge is -2.06. The van der Waals surface area contributed by atoms with Crippen molar-refractivity contribution in [3.05, 3.63) is 77.3 Å². The lowest BCUT2D eigenvalue weighted by Crippen LogP contribution is -2.26. The fraction of sp³-hybridized carbons (Fsp3) is 0.200. The predicted octanol–water partition coefficient (Wildman–Crippen LogP) is 3.93. The molecule has 0 bridgehead atoms. The highest BCUT2D eigenvalue weighted by atomic mass is 16.3. The fourth-order valence-electron chi connectivity index (χ4n) is 2.67. The summed E-state index contributed by atoms with van der Waals surface area (Å²) in [7, 11) is 0. The van der Waals surface area contributed by atoms with E-state index in [-0.39, 0.29) is 5.91 Å². The normalized spacial score (nSPS) is 10.6. The number of hydrogen-bond donors (Lipinski definition) is 1. The van der Waals surface area contributed by atoms with Crippen LogP contribution in [0.25, 0.3) is 11.3 Å². The molecule has 4 heteroatoms. The van der Waals surface area contributed by atoms with Crippen molar-refractivity contribution in [2.75, 3.05) is 6.54 Å². The first-order valence-corrected chi connectivity index (χ1v) is 7.98. The molecule has 0 aliphatic rings. The molecule has 4 nitrogen and oxygen atoms in total. The predicted molar refractivity (Wildman–Crippen MR) is 93.9 cm³/mol. The molecular weight excluding hydrogens is 300 g/mol. The molecule has 1 heterocycles. The van der Waals surface area contributed by atoms with E-state index in [1.807, 2.05) is 37.3 Å². The van der Waals surface area contributed by atoms with Crippen molar-refractivity contribution in [3.8, 4) is 11.3 Å². The average Bonchev–Trinajstić information content (AvgIpc) is 3.04. The van der Waals surface area contributed by atoms with Crippen LogP contribution < -0.4 is 5.32 Å². The van der Waals surface area contributed by atoms with Gasteiger partial charge in [0.15, 0.2) is 17.8 Å². The zero-order valence-electron chi connectivity index (χ0n) is 13.9. The molecule has 3 rings (SSSR count). The van der Waals surface area contributed by atoms with E-state index in [0.717, 1.165) is 17.5 Å². The van der Waals surface area contributed by atoms with Gasteiger partial charge in [0.05, 0.1) is 0 Å². The third-order valence-corrected chi connectivity index (χ3v) is 3.84. The highest BCUT2D eigenvalue weighted by Crippen LogP contribution is 2.23. The Hall–Kier alpha value is -2.88. The molecule has 3 aromatic rings. The molecule has 0 aliphatic heterocycles. The summed E-state index contributed by atoms with van der Waals surface area (Å²) in [5, 5.41) is 2.92.